The Kier molecular flexibility index (Phi) is 7.43. The van der Waals surface area contributed by atoms with Crippen LogP contribution in [-0.2, 0) is 15.1 Å². The molecule has 0 aliphatic carbocycles. The third-order valence-electron chi connectivity index (χ3n) is 4.60. The Balaban J connectivity index is 0.00000280. The van der Waals surface area contributed by atoms with E-state index in [1.807, 2.05) is 18.2 Å². The predicted octanol–water partition coefficient (Wildman–Crippen LogP) is 3.05. The van der Waals surface area contributed by atoms with E-state index in [-0.39, 0.29) is 29.2 Å². The lowest BCUT2D eigenvalue weighted by Gasteiger charge is -2.27. The Labute approximate surface area is 175 Å². The Hall–Kier alpha value is -2.12. The minimum absolute atomic E-state index is 0. The van der Waals surface area contributed by atoms with Gasteiger partial charge < -0.3 is 20.7 Å². The maximum absolute atomic E-state index is 12.6. The van der Waals surface area contributed by atoms with Gasteiger partial charge in [0.15, 0.2) is 0 Å². The minimum Gasteiger partial charge on any atom is -0.378 e. The van der Waals surface area contributed by atoms with Crippen LogP contribution in [0.2, 0.25) is 5.02 Å². The predicted molar refractivity (Wildman–Crippen MR) is 112 cm³/mol. The Morgan fingerprint density at radius 3 is 2.39 bits per heavy atom. The van der Waals surface area contributed by atoms with Gasteiger partial charge in [-0.15, -0.1) is 12.4 Å². The van der Waals surface area contributed by atoms with E-state index in [1.165, 1.54) is 0 Å². The molecule has 3 rings (SSSR count). The summed E-state index contributed by atoms with van der Waals surface area (Å²) in [4.78, 5) is 26.9. The SMILES string of the molecule is CC(N)(C(=O)Nc1ccc(C(=O)N2CCOCC2)c(Cl)c1)c1ccccc1.Cl. The summed E-state index contributed by atoms with van der Waals surface area (Å²) in [5, 5.41) is 3.05. The summed E-state index contributed by atoms with van der Waals surface area (Å²) in [5.41, 5.74) is 6.61. The van der Waals surface area contributed by atoms with Crippen LogP contribution in [0.15, 0.2) is 48.5 Å². The van der Waals surface area contributed by atoms with Gasteiger partial charge in [0, 0.05) is 18.8 Å². The average Bonchev–Trinajstić information content (AvgIpc) is 2.69. The van der Waals surface area contributed by atoms with Crippen LogP contribution in [0.4, 0.5) is 5.69 Å². The van der Waals surface area contributed by atoms with Gasteiger partial charge in [-0.25, -0.2) is 0 Å². The lowest BCUT2D eigenvalue weighted by Crippen LogP contribution is -2.45. The highest BCUT2D eigenvalue weighted by atomic mass is 35.5. The number of halogens is 2. The fraction of sp³-hybridized carbons (Fsp3) is 0.300. The number of nitrogens with zero attached hydrogens (tertiary/aromatic N) is 1. The fourth-order valence-corrected chi connectivity index (χ4v) is 3.14. The van der Waals surface area contributed by atoms with Crippen molar-refractivity contribution in [1.82, 2.24) is 4.90 Å². The normalized spacial score (nSPS) is 15.9. The van der Waals surface area contributed by atoms with Crippen LogP contribution in [0.25, 0.3) is 0 Å². The highest BCUT2D eigenvalue weighted by Gasteiger charge is 2.30. The van der Waals surface area contributed by atoms with Gasteiger partial charge in [0.1, 0.15) is 5.54 Å². The molecule has 2 aromatic rings. The highest BCUT2D eigenvalue weighted by molar-refractivity contribution is 6.34. The van der Waals surface area contributed by atoms with Crippen molar-refractivity contribution in [2.75, 3.05) is 31.6 Å². The first-order valence-corrected chi connectivity index (χ1v) is 9.10. The molecule has 8 heteroatoms. The molecule has 1 heterocycles. The number of ether oxygens (including phenoxy) is 1. The van der Waals surface area contributed by atoms with Gasteiger partial charge in [-0.3, -0.25) is 9.59 Å². The lowest BCUT2D eigenvalue weighted by atomic mass is 9.92. The number of carbonyl (C=O) groups is 2. The summed E-state index contributed by atoms with van der Waals surface area (Å²) in [6, 6.07) is 14.0. The number of benzene rings is 2. The van der Waals surface area contributed by atoms with Crippen molar-refractivity contribution in [3.8, 4) is 0 Å². The third kappa shape index (κ3) is 4.83. The minimum atomic E-state index is -1.20. The number of morpholine rings is 1. The standard InChI is InChI=1S/C20H22ClN3O3.ClH/c1-20(22,14-5-3-2-4-6-14)19(26)23-15-7-8-16(17(21)13-15)18(25)24-9-11-27-12-10-24;/h2-8,13H,9-12,22H2,1H3,(H,23,26);1H. The van der Waals surface area contributed by atoms with Crippen molar-refractivity contribution in [1.29, 1.82) is 0 Å². The second-order valence-corrected chi connectivity index (χ2v) is 7.03. The number of hydrogen-bond donors (Lipinski definition) is 2. The third-order valence-corrected chi connectivity index (χ3v) is 4.91. The molecule has 1 fully saturated rings. The van der Waals surface area contributed by atoms with Crippen molar-refractivity contribution >= 4 is 41.5 Å². The molecule has 2 amide bonds. The molecule has 3 N–H and O–H groups in total. The lowest BCUT2D eigenvalue weighted by molar-refractivity contribution is -0.120. The van der Waals surface area contributed by atoms with E-state index in [0.29, 0.717) is 43.1 Å². The summed E-state index contributed by atoms with van der Waals surface area (Å²) in [6.07, 6.45) is 0. The first kappa shape index (κ1) is 22.2. The molecule has 2 aromatic carbocycles. The number of carbonyl (C=O) groups excluding carboxylic acids is 2. The molecule has 1 aliphatic rings. The molecular formula is C20H23Cl2N3O3. The summed E-state index contributed by atoms with van der Waals surface area (Å²) in [7, 11) is 0. The molecule has 6 nitrogen and oxygen atoms in total. The van der Waals surface area contributed by atoms with E-state index in [9.17, 15) is 9.59 Å². The van der Waals surface area contributed by atoms with Gasteiger partial charge in [0.05, 0.1) is 23.8 Å². The number of amides is 2. The molecule has 28 heavy (non-hydrogen) atoms. The number of nitrogens with one attached hydrogen (secondary N) is 1. The van der Waals surface area contributed by atoms with Gasteiger partial charge in [0.2, 0.25) is 5.91 Å². The van der Waals surface area contributed by atoms with E-state index in [0.717, 1.165) is 0 Å². The first-order valence-electron chi connectivity index (χ1n) is 8.72. The molecule has 0 bridgehead atoms. The van der Waals surface area contributed by atoms with E-state index in [2.05, 4.69) is 5.32 Å². The van der Waals surface area contributed by atoms with E-state index in [4.69, 9.17) is 22.1 Å². The smallest absolute Gasteiger partial charge is 0.255 e. The molecule has 1 saturated heterocycles. The van der Waals surface area contributed by atoms with Crippen molar-refractivity contribution < 1.29 is 14.3 Å². The van der Waals surface area contributed by atoms with Crippen LogP contribution in [-0.4, -0.2) is 43.0 Å². The molecule has 150 valence electrons. The summed E-state index contributed by atoms with van der Waals surface area (Å²) in [5.74, 6) is -0.508. The molecule has 1 atom stereocenters. The Bertz CT molecular complexity index is 838. The van der Waals surface area contributed by atoms with Crippen molar-refractivity contribution in [3.05, 3.63) is 64.7 Å². The molecule has 0 aromatic heterocycles. The topological polar surface area (TPSA) is 84.7 Å². The molecule has 1 aliphatic heterocycles. The quantitative estimate of drug-likeness (QED) is 0.790. The van der Waals surface area contributed by atoms with Gasteiger partial charge >= 0.3 is 0 Å². The van der Waals surface area contributed by atoms with Gasteiger partial charge in [-0.05, 0) is 30.7 Å². The summed E-state index contributed by atoms with van der Waals surface area (Å²) < 4.78 is 5.26. The van der Waals surface area contributed by atoms with Crippen LogP contribution >= 0.6 is 24.0 Å². The largest absolute Gasteiger partial charge is 0.378 e. The Morgan fingerprint density at radius 2 is 1.79 bits per heavy atom. The van der Waals surface area contributed by atoms with Crippen LogP contribution in [0.1, 0.15) is 22.8 Å². The van der Waals surface area contributed by atoms with E-state index in [1.54, 1.807) is 42.2 Å². The fourth-order valence-electron chi connectivity index (χ4n) is 2.88. The highest BCUT2D eigenvalue weighted by Crippen LogP contribution is 2.25. The van der Waals surface area contributed by atoms with Crippen LogP contribution in [0, 0.1) is 0 Å². The van der Waals surface area contributed by atoms with E-state index < -0.39 is 5.54 Å². The number of hydrogen-bond acceptors (Lipinski definition) is 4. The van der Waals surface area contributed by atoms with Crippen LogP contribution in [0.5, 0.6) is 0 Å². The number of nitrogens with two attached hydrogens (primary N) is 1. The molecule has 0 spiro atoms. The molecule has 1 unspecified atom stereocenters. The van der Waals surface area contributed by atoms with Gasteiger partial charge in [-0.1, -0.05) is 41.9 Å². The average molecular weight is 424 g/mol. The molecule has 0 saturated carbocycles. The first-order chi connectivity index (χ1) is 12.9. The zero-order valence-corrected chi connectivity index (χ0v) is 17.1. The summed E-state index contributed by atoms with van der Waals surface area (Å²) in [6.45, 7) is 3.76. The maximum Gasteiger partial charge on any atom is 0.255 e. The summed E-state index contributed by atoms with van der Waals surface area (Å²) >= 11 is 6.30. The van der Waals surface area contributed by atoms with Crippen molar-refractivity contribution in [2.45, 2.75) is 12.5 Å². The van der Waals surface area contributed by atoms with Crippen molar-refractivity contribution in [2.24, 2.45) is 5.73 Å². The monoisotopic (exact) mass is 423 g/mol. The van der Waals surface area contributed by atoms with Gasteiger partial charge in [0.25, 0.3) is 5.91 Å². The van der Waals surface area contributed by atoms with Crippen LogP contribution < -0.4 is 11.1 Å². The molecular weight excluding hydrogens is 401 g/mol. The zero-order valence-electron chi connectivity index (χ0n) is 15.5. The van der Waals surface area contributed by atoms with Gasteiger partial charge in [-0.2, -0.15) is 0 Å². The maximum atomic E-state index is 12.6. The van der Waals surface area contributed by atoms with Crippen LogP contribution in [0.3, 0.4) is 0 Å². The Morgan fingerprint density at radius 1 is 1.14 bits per heavy atom. The second kappa shape index (κ2) is 9.39. The second-order valence-electron chi connectivity index (χ2n) is 6.62. The van der Waals surface area contributed by atoms with E-state index >= 15 is 0 Å². The molecule has 0 radical (unpaired) electrons. The van der Waals surface area contributed by atoms with Crippen molar-refractivity contribution in [3.63, 3.8) is 0 Å². The number of anilines is 1. The number of rotatable bonds is 4. The zero-order chi connectivity index (χ0) is 19.4.